The lowest BCUT2D eigenvalue weighted by Gasteiger charge is -2.36. The van der Waals surface area contributed by atoms with E-state index in [-0.39, 0.29) is 12.1 Å². The van der Waals surface area contributed by atoms with Gasteiger partial charge in [0.05, 0.1) is 16.9 Å². The smallest absolute Gasteiger partial charge is 0.317 e. The molecule has 1 fully saturated rings. The number of nitrogens with one attached hydrogen (secondary N) is 1. The van der Waals surface area contributed by atoms with Crippen LogP contribution in [0.5, 0.6) is 0 Å². The molecule has 1 aromatic heterocycles. The third kappa shape index (κ3) is 4.22. The van der Waals surface area contributed by atoms with Gasteiger partial charge in [0.25, 0.3) is 0 Å². The summed E-state index contributed by atoms with van der Waals surface area (Å²) in [6, 6.07) is 9.76. The summed E-state index contributed by atoms with van der Waals surface area (Å²) < 4.78 is 5.19. The fraction of sp³-hybridized carbons (Fsp3) is 0.450. The van der Waals surface area contributed by atoms with Gasteiger partial charge in [0.15, 0.2) is 0 Å². The Morgan fingerprint density at radius 2 is 2.00 bits per heavy atom. The van der Waals surface area contributed by atoms with Gasteiger partial charge in [-0.05, 0) is 39.3 Å². The molecule has 1 atom stereocenters. The largest absolute Gasteiger partial charge is 0.367 e. The van der Waals surface area contributed by atoms with Crippen LogP contribution < -0.4 is 10.2 Å². The summed E-state index contributed by atoms with van der Waals surface area (Å²) in [5.74, 6) is 0.804. The van der Waals surface area contributed by atoms with Crippen molar-refractivity contribution < 1.29 is 9.32 Å². The number of anilines is 1. The van der Waals surface area contributed by atoms with Crippen molar-refractivity contribution in [3.05, 3.63) is 46.8 Å². The molecule has 1 N–H and O–H groups in total. The number of para-hydroxylation sites is 1. The predicted molar refractivity (Wildman–Crippen MR) is 103 cm³/mol. The van der Waals surface area contributed by atoms with Gasteiger partial charge in [0, 0.05) is 37.8 Å². The lowest BCUT2D eigenvalue weighted by atomic mass is 10.1. The molecular weight excluding hydrogens is 342 g/mol. The molecule has 1 saturated heterocycles. The van der Waals surface area contributed by atoms with Crippen LogP contribution in [0.3, 0.4) is 0 Å². The van der Waals surface area contributed by atoms with Crippen LogP contribution in [0.15, 0.2) is 28.8 Å². The van der Waals surface area contributed by atoms with Crippen LogP contribution in [-0.2, 0) is 6.42 Å². The van der Waals surface area contributed by atoms with Crippen LogP contribution in [0.1, 0.15) is 29.5 Å². The van der Waals surface area contributed by atoms with Crippen LogP contribution in [0.4, 0.5) is 10.5 Å². The lowest BCUT2D eigenvalue weighted by Crippen LogP contribution is -2.53. The van der Waals surface area contributed by atoms with Crippen LogP contribution in [-0.4, -0.2) is 48.3 Å². The third-order valence-corrected chi connectivity index (χ3v) is 4.99. The second-order valence-corrected chi connectivity index (χ2v) is 6.96. The zero-order chi connectivity index (χ0) is 19.4. The van der Waals surface area contributed by atoms with Gasteiger partial charge in [0.2, 0.25) is 0 Å². The number of nitrogens with zero attached hydrogens (tertiary/aromatic N) is 4. The molecule has 7 nitrogen and oxygen atoms in total. The molecule has 3 rings (SSSR count). The van der Waals surface area contributed by atoms with E-state index in [2.05, 4.69) is 21.4 Å². The first-order valence-corrected chi connectivity index (χ1v) is 9.21. The Morgan fingerprint density at radius 1 is 1.30 bits per heavy atom. The second-order valence-electron chi connectivity index (χ2n) is 6.96. The van der Waals surface area contributed by atoms with Gasteiger partial charge in [0.1, 0.15) is 11.8 Å². The number of amides is 2. The molecule has 1 aliphatic heterocycles. The SMILES string of the molecule is Cc1noc(C)c1CC(C)NC(=O)N1CCN(c2ccccc2C#N)CC1. The zero-order valence-corrected chi connectivity index (χ0v) is 16.0. The van der Waals surface area contributed by atoms with Crippen molar-refractivity contribution in [2.24, 2.45) is 0 Å². The molecule has 0 bridgehead atoms. The minimum atomic E-state index is -0.0533. The first kappa shape index (κ1) is 18.8. The van der Waals surface area contributed by atoms with E-state index < -0.39 is 0 Å². The topological polar surface area (TPSA) is 85.4 Å². The minimum absolute atomic E-state index is 0.00774. The Morgan fingerprint density at radius 3 is 2.63 bits per heavy atom. The van der Waals surface area contributed by atoms with Crippen LogP contribution in [0, 0.1) is 25.2 Å². The molecule has 1 unspecified atom stereocenters. The molecule has 0 radical (unpaired) electrons. The monoisotopic (exact) mass is 367 g/mol. The molecule has 1 aliphatic rings. The average molecular weight is 367 g/mol. The van der Waals surface area contributed by atoms with Crippen molar-refractivity contribution in [1.82, 2.24) is 15.4 Å². The number of carbonyl (C=O) groups excluding carboxylic acids is 1. The first-order chi connectivity index (χ1) is 13.0. The molecule has 2 heterocycles. The van der Waals surface area contributed by atoms with Crippen molar-refractivity contribution >= 4 is 11.7 Å². The highest BCUT2D eigenvalue weighted by molar-refractivity contribution is 5.75. The van der Waals surface area contributed by atoms with Crippen molar-refractivity contribution in [1.29, 1.82) is 5.26 Å². The number of rotatable bonds is 4. The summed E-state index contributed by atoms with van der Waals surface area (Å²) >= 11 is 0. The fourth-order valence-electron chi connectivity index (χ4n) is 3.45. The van der Waals surface area contributed by atoms with Crippen molar-refractivity contribution in [2.45, 2.75) is 33.2 Å². The van der Waals surface area contributed by atoms with Gasteiger partial charge in [-0.2, -0.15) is 5.26 Å². The Balaban J connectivity index is 1.53. The molecule has 2 aromatic rings. The molecule has 1 aromatic carbocycles. The van der Waals surface area contributed by atoms with E-state index in [1.54, 1.807) is 0 Å². The van der Waals surface area contributed by atoms with E-state index in [4.69, 9.17) is 4.52 Å². The second kappa shape index (κ2) is 8.12. The third-order valence-electron chi connectivity index (χ3n) is 4.99. The van der Waals surface area contributed by atoms with Crippen LogP contribution in [0.25, 0.3) is 0 Å². The lowest BCUT2D eigenvalue weighted by molar-refractivity contribution is 0.191. The summed E-state index contributed by atoms with van der Waals surface area (Å²) in [5.41, 5.74) is 3.54. The summed E-state index contributed by atoms with van der Waals surface area (Å²) in [7, 11) is 0. The van der Waals surface area contributed by atoms with Crippen molar-refractivity contribution in [3.63, 3.8) is 0 Å². The maximum Gasteiger partial charge on any atom is 0.317 e. The molecule has 0 spiro atoms. The number of benzene rings is 1. The summed E-state index contributed by atoms with van der Waals surface area (Å²) in [4.78, 5) is 16.6. The number of hydrogen-bond acceptors (Lipinski definition) is 5. The maximum atomic E-state index is 12.6. The Labute approximate surface area is 159 Å². The van der Waals surface area contributed by atoms with Gasteiger partial charge in [-0.3, -0.25) is 0 Å². The van der Waals surface area contributed by atoms with Gasteiger partial charge in [-0.1, -0.05) is 17.3 Å². The number of urea groups is 1. The highest BCUT2D eigenvalue weighted by Crippen LogP contribution is 2.21. The van der Waals surface area contributed by atoms with Gasteiger partial charge < -0.3 is 19.6 Å². The van der Waals surface area contributed by atoms with E-state index in [0.717, 1.165) is 22.7 Å². The standard InChI is InChI=1S/C20H25N5O2/c1-14(12-18-15(2)23-27-16(18)3)22-20(26)25-10-8-24(9-11-25)19-7-5-4-6-17(19)13-21/h4-7,14H,8-12H2,1-3H3,(H,22,26). The van der Waals surface area contributed by atoms with Gasteiger partial charge in [-0.15, -0.1) is 0 Å². The number of carbonyl (C=O) groups is 1. The van der Waals surface area contributed by atoms with Crippen LogP contribution in [0.2, 0.25) is 0 Å². The first-order valence-electron chi connectivity index (χ1n) is 9.21. The number of aromatic nitrogens is 1. The highest BCUT2D eigenvalue weighted by atomic mass is 16.5. The van der Waals surface area contributed by atoms with Crippen molar-refractivity contribution in [2.75, 3.05) is 31.1 Å². The normalized spacial score (nSPS) is 15.3. The number of nitriles is 1. The predicted octanol–water partition coefficient (Wildman–Crippen LogP) is 2.63. The Bertz CT molecular complexity index is 827. The number of aryl methyl sites for hydroxylation is 2. The summed E-state index contributed by atoms with van der Waals surface area (Å²) in [6.07, 6.45) is 0.697. The Hall–Kier alpha value is -3.01. The van der Waals surface area contributed by atoms with Crippen LogP contribution >= 0.6 is 0 Å². The quantitative estimate of drug-likeness (QED) is 0.898. The minimum Gasteiger partial charge on any atom is -0.367 e. The number of piperazine rings is 1. The number of hydrogen-bond donors (Lipinski definition) is 1. The van der Waals surface area contributed by atoms with Gasteiger partial charge >= 0.3 is 6.03 Å². The van der Waals surface area contributed by atoms with E-state index in [1.807, 2.05) is 49.9 Å². The molecular formula is C20H25N5O2. The zero-order valence-electron chi connectivity index (χ0n) is 16.0. The summed E-state index contributed by atoms with van der Waals surface area (Å²) in [6.45, 7) is 8.48. The highest BCUT2D eigenvalue weighted by Gasteiger charge is 2.24. The van der Waals surface area contributed by atoms with E-state index >= 15 is 0 Å². The van der Waals surface area contributed by atoms with E-state index in [9.17, 15) is 10.1 Å². The molecule has 27 heavy (non-hydrogen) atoms. The Kier molecular flexibility index (Phi) is 5.65. The average Bonchev–Trinajstić information content (AvgIpc) is 3.00. The summed E-state index contributed by atoms with van der Waals surface area (Å²) in [5, 5.41) is 16.3. The molecule has 2 amide bonds. The van der Waals surface area contributed by atoms with Gasteiger partial charge in [-0.25, -0.2) is 4.79 Å². The molecule has 0 saturated carbocycles. The molecule has 7 heteroatoms. The van der Waals surface area contributed by atoms with E-state index in [0.29, 0.717) is 38.2 Å². The maximum absolute atomic E-state index is 12.6. The molecule has 142 valence electrons. The van der Waals surface area contributed by atoms with E-state index in [1.165, 1.54) is 0 Å². The fourth-order valence-corrected chi connectivity index (χ4v) is 3.45. The van der Waals surface area contributed by atoms with Crippen molar-refractivity contribution in [3.8, 4) is 6.07 Å². The molecule has 0 aliphatic carbocycles.